The van der Waals surface area contributed by atoms with Crippen LogP contribution in [0.25, 0.3) is 11.1 Å². The SMILES string of the molecule is N#C[C@@H](C[C@H]1CCCNC1=O)NC(=O)[C@@H]1[C@@H]2CC[C@@H](CC2(F)F)N1C(=O)[C@]1(O)c2ccccc2-c2ccc(Br)cc21. The van der Waals surface area contributed by atoms with E-state index in [9.17, 15) is 24.8 Å². The first kappa shape index (κ1) is 27.8. The predicted molar refractivity (Wildman–Crippen MR) is 147 cm³/mol. The number of benzene rings is 2. The number of amides is 3. The molecule has 3 amide bonds. The quantitative estimate of drug-likeness (QED) is 0.468. The summed E-state index contributed by atoms with van der Waals surface area (Å²) in [6, 6.07) is 10.4. The highest BCUT2D eigenvalue weighted by molar-refractivity contribution is 9.10. The second-order valence-electron chi connectivity index (χ2n) is 11.5. The van der Waals surface area contributed by atoms with E-state index in [1.165, 1.54) is 0 Å². The second-order valence-corrected chi connectivity index (χ2v) is 12.4. The standard InChI is InChI=1S/C30H29BrF2N4O4/c31-17-7-9-21-20-5-1-2-6-22(20)30(41,24(21)13-17)28(40)37-19-8-10-23(29(32,33)14-19)25(37)27(39)36-18(15-34)12-16-4-3-11-35-26(16)38/h1-2,5-7,9,13,16,18-19,23,25,41H,3-4,8,10-12,14H2,(H,35,38)(H,36,39)/t16-,18-,19+,23+,25+,30+/m1/s1. The summed E-state index contributed by atoms with van der Waals surface area (Å²) >= 11 is 3.41. The van der Waals surface area contributed by atoms with E-state index in [0.29, 0.717) is 39.7 Å². The first-order valence-electron chi connectivity index (χ1n) is 13.9. The molecule has 8 nitrogen and oxygen atoms in total. The van der Waals surface area contributed by atoms with Gasteiger partial charge in [-0.15, -0.1) is 0 Å². The molecule has 3 saturated heterocycles. The van der Waals surface area contributed by atoms with Crippen LogP contribution in [0.4, 0.5) is 8.78 Å². The van der Waals surface area contributed by atoms with Crippen LogP contribution in [0.5, 0.6) is 0 Å². The highest BCUT2D eigenvalue weighted by Crippen LogP contribution is 2.54. The summed E-state index contributed by atoms with van der Waals surface area (Å²) < 4.78 is 31.2. The van der Waals surface area contributed by atoms with Crippen molar-refractivity contribution >= 4 is 33.7 Å². The molecule has 2 aromatic rings. The Morgan fingerprint density at radius 2 is 1.93 bits per heavy atom. The lowest BCUT2D eigenvalue weighted by molar-refractivity contribution is -0.201. The monoisotopic (exact) mass is 626 g/mol. The molecule has 41 heavy (non-hydrogen) atoms. The third-order valence-electron chi connectivity index (χ3n) is 9.12. The molecule has 2 bridgehead atoms. The summed E-state index contributed by atoms with van der Waals surface area (Å²) in [4.78, 5) is 41.7. The normalized spacial score (nSPS) is 30.0. The lowest BCUT2D eigenvalue weighted by Crippen LogP contribution is -2.70. The van der Waals surface area contributed by atoms with Crippen molar-refractivity contribution in [2.45, 2.75) is 68.2 Å². The number of carbonyl (C=O) groups excluding carboxylic acids is 3. The minimum atomic E-state index is -3.20. The molecule has 0 unspecified atom stereocenters. The summed E-state index contributed by atoms with van der Waals surface area (Å²) in [5.74, 6) is -7.09. The Balaban J connectivity index is 1.36. The predicted octanol–water partition coefficient (Wildman–Crippen LogP) is 3.60. The minimum Gasteiger partial charge on any atom is -0.372 e. The molecule has 0 spiro atoms. The van der Waals surface area contributed by atoms with Crippen LogP contribution < -0.4 is 10.6 Å². The van der Waals surface area contributed by atoms with Crippen molar-refractivity contribution in [2.24, 2.45) is 11.8 Å². The molecule has 11 heteroatoms. The van der Waals surface area contributed by atoms with Gasteiger partial charge in [0.15, 0.2) is 5.60 Å². The summed E-state index contributed by atoms with van der Waals surface area (Å²) in [6.45, 7) is 0.544. The van der Waals surface area contributed by atoms with Gasteiger partial charge in [0.05, 0.1) is 12.0 Å². The van der Waals surface area contributed by atoms with Gasteiger partial charge in [-0.3, -0.25) is 14.4 Å². The van der Waals surface area contributed by atoms with Gasteiger partial charge >= 0.3 is 0 Å². The van der Waals surface area contributed by atoms with E-state index in [-0.39, 0.29) is 25.2 Å². The zero-order valence-electron chi connectivity index (χ0n) is 22.1. The fourth-order valence-electron chi connectivity index (χ4n) is 7.19. The van der Waals surface area contributed by atoms with Crippen LogP contribution in [0.3, 0.4) is 0 Å². The van der Waals surface area contributed by atoms with Crippen molar-refractivity contribution in [1.29, 1.82) is 5.26 Å². The summed E-state index contributed by atoms with van der Waals surface area (Å²) in [6.07, 6.45) is 1.01. The molecule has 2 aromatic carbocycles. The molecular formula is C30H29BrF2N4O4. The average molecular weight is 627 g/mol. The number of aliphatic hydroxyl groups is 1. The number of rotatable bonds is 5. The number of hydrogen-bond donors (Lipinski definition) is 3. The smallest absolute Gasteiger partial charge is 0.264 e. The third kappa shape index (κ3) is 4.43. The molecule has 0 aromatic heterocycles. The number of hydrogen-bond acceptors (Lipinski definition) is 5. The molecule has 214 valence electrons. The van der Waals surface area contributed by atoms with Gasteiger partial charge < -0.3 is 20.6 Å². The summed E-state index contributed by atoms with van der Waals surface area (Å²) in [5.41, 5.74) is -0.277. The maximum absolute atomic E-state index is 15.3. The van der Waals surface area contributed by atoms with Crippen LogP contribution in [-0.2, 0) is 20.0 Å². The van der Waals surface area contributed by atoms with Crippen molar-refractivity contribution in [3.05, 3.63) is 58.1 Å². The largest absolute Gasteiger partial charge is 0.372 e. The summed E-state index contributed by atoms with van der Waals surface area (Å²) in [7, 11) is 0. The maximum Gasteiger partial charge on any atom is 0.264 e. The molecule has 7 rings (SSSR count). The highest BCUT2D eigenvalue weighted by atomic mass is 79.9. The van der Waals surface area contributed by atoms with Gasteiger partial charge in [0, 0.05) is 40.5 Å². The summed E-state index contributed by atoms with van der Waals surface area (Å²) in [5, 5.41) is 27.3. The Bertz CT molecular complexity index is 1480. The number of halogens is 3. The Kier molecular flexibility index (Phi) is 6.90. The van der Waals surface area contributed by atoms with Crippen LogP contribution in [0, 0.1) is 23.2 Å². The topological polar surface area (TPSA) is 123 Å². The van der Waals surface area contributed by atoms with E-state index >= 15 is 8.78 Å². The Morgan fingerprint density at radius 1 is 1.17 bits per heavy atom. The molecule has 3 aliphatic heterocycles. The number of carbonyl (C=O) groups is 3. The number of nitriles is 1. The molecule has 0 radical (unpaired) electrons. The number of alkyl halides is 2. The van der Waals surface area contributed by atoms with Crippen molar-refractivity contribution in [3.63, 3.8) is 0 Å². The zero-order chi connectivity index (χ0) is 29.1. The molecule has 5 aliphatic rings. The molecule has 3 heterocycles. The van der Waals surface area contributed by atoms with E-state index in [1.54, 1.807) is 42.5 Å². The van der Waals surface area contributed by atoms with Gasteiger partial charge in [-0.2, -0.15) is 5.26 Å². The van der Waals surface area contributed by atoms with Crippen LogP contribution in [0.15, 0.2) is 46.9 Å². The molecule has 1 saturated carbocycles. The molecule has 4 fully saturated rings. The van der Waals surface area contributed by atoms with Gasteiger partial charge in [0.25, 0.3) is 11.8 Å². The van der Waals surface area contributed by atoms with E-state index in [4.69, 9.17) is 0 Å². The van der Waals surface area contributed by atoms with E-state index in [2.05, 4.69) is 26.6 Å². The first-order chi connectivity index (χ1) is 19.6. The van der Waals surface area contributed by atoms with Crippen LogP contribution in [0.1, 0.15) is 49.7 Å². The van der Waals surface area contributed by atoms with Crippen molar-refractivity contribution < 1.29 is 28.3 Å². The minimum absolute atomic E-state index is 0.0267. The van der Waals surface area contributed by atoms with Crippen LogP contribution in [0.2, 0.25) is 0 Å². The third-order valence-corrected chi connectivity index (χ3v) is 9.61. The molecular weight excluding hydrogens is 598 g/mol. The Labute approximate surface area is 244 Å². The number of fused-ring (bicyclic) bond motifs is 6. The fraction of sp³-hybridized carbons (Fsp3) is 0.467. The van der Waals surface area contributed by atoms with Crippen molar-refractivity contribution in [3.8, 4) is 17.2 Å². The fourth-order valence-corrected chi connectivity index (χ4v) is 7.55. The number of nitrogens with one attached hydrogen (secondary N) is 2. The van der Waals surface area contributed by atoms with E-state index in [0.717, 1.165) is 11.3 Å². The maximum atomic E-state index is 15.3. The highest BCUT2D eigenvalue weighted by Gasteiger charge is 2.63. The average Bonchev–Trinajstić information content (AvgIpc) is 3.21. The Morgan fingerprint density at radius 3 is 2.66 bits per heavy atom. The van der Waals surface area contributed by atoms with E-state index < -0.39 is 59.7 Å². The lowest BCUT2D eigenvalue weighted by atomic mass is 9.70. The van der Waals surface area contributed by atoms with Crippen molar-refractivity contribution in [1.82, 2.24) is 15.5 Å². The van der Waals surface area contributed by atoms with Gasteiger partial charge in [0.1, 0.15) is 12.1 Å². The number of nitrogens with zero attached hydrogens (tertiary/aromatic N) is 2. The zero-order valence-corrected chi connectivity index (χ0v) is 23.7. The molecule has 3 N–H and O–H groups in total. The Hall–Kier alpha value is -3.36. The number of piperidine rings is 3. The molecule has 6 atom stereocenters. The lowest BCUT2D eigenvalue weighted by Gasteiger charge is -2.54. The van der Waals surface area contributed by atoms with Gasteiger partial charge in [-0.05, 0) is 55.4 Å². The van der Waals surface area contributed by atoms with Gasteiger partial charge in [-0.1, -0.05) is 46.3 Å². The second kappa shape index (κ2) is 10.2. The van der Waals surface area contributed by atoms with Crippen molar-refractivity contribution in [2.75, 3.05) is 6.54 Å². The van der Waals surface area contributed by atoms with Gasteiger partial charge in [0.2, 0.25) is 11.8 Å². The molecule has 2 aliphatic carbocycles. The first-order valence-corrected chi connectivity index (χ1v) is 14.7. The van der Waals surface area contributed by atoms with E-state index in [1.807, 2.05) is 6.07 Å². The van der Waals surface area contributed by atoms with Crippen LogP contribution in [-0.4, -0.2) is 58.3 Å². The van der Waals surface area contributed by atoms with Crippen LogP contribution >= 0.6 is 15.9 Å². The van der Waals surface area contributed by atoms with Gasteiger partial charge in [-0.25, -0.2) is 8.78 Å².